The second-order valence-corrected chi connectivity index (χ2v) is 20.5. The zero-order chi connectivity index (χ0) is 22.0. The molecule has 0 aromatic heterocycles. The van der Waals surface area contributed by atoms with Gasteiger partial charge in [0.15, 0.2) is 0 Å². The molecule has 0 atom stereocenters. The molecule has 29 heavy (non-hydrogen) atoms. The number of carbonyl (C=O) groups is 1. The summed E-state index contributed by atoms with van der Waals surface area (Å²) in [6.07, 6.45) is 27.0. The summed E-state index contributed by atoms with van der Waals surface area (Å²) in [6, 6.07) is 0. The van der Waals surface area contributed by atoms with Crippen molar-refractivity contribution in [1.82, 2.24) is 0 Å². The van der Waals surface area contributed by atoms with Gasteiger partial charge in [-0.05, 0) is 0 Å². The first-order valence-corrected chi connectivity index (χ1v) is 21.4. The van der Waals surface area contributed by atoms with Crippen LogP contribution in [0.3, 0.4) is 0 Å². The molecule has 0 saturated carbocycles. The van der Waals surface area contributed by atoms with Gasteiger partial charge in [-0.15, -0.1) is 0 Å². The van der Waals surface area contributed by atoms with Crippen LogP contribution in [0.15, 0.2) is 0 Å². The van der Waals surface area contributed by atoms with Crippen molar-refractivity contribution in [2.24, 2.45) is 0 Å². The number of unbranched alkanes of at least 4 members (excludes halogenated alkanes) is 15. The molecule has 0 aliphatic carbocycles. The Balaban J connectivity index is 0. The Bertz CT molecular complexity index is 265. The maximum absolute atomic E-state index is 9.00. The van der Waals surface area contributed by atoms with E-state index < -0.39 is 28.7 Å². The molecule has 0 heterocycles. The summed E-state index contributed by atoms with van der Waals surface area (Å²) in [5, 5.41) is 7.42. The fourth-order valence-electron chi connectivity index (χ4n) is 3.84. The van der Waals surface area contributed by atoms with Crippen molar-refractivity contribution in [2.45, 2.75) is 155 Å². The normalized spacial score (nSPS) is 10.8. The van der Waals surface area contributed by atoms with Gasteiger partial charge in [0.1, 0.15) is 0 Å². The van der Waals surface area contributed by atoms with Gasteiger partial charge in [-0.2, -0.15) is 0 Å². The van der Waals surface area contributed by atoms with E-state index in [1.165, 1.54) is 77.0 Å². The van der Waals surface area contributed by atoms with E-state index in [1.807, 2.05) is 0 Å². The summed E-state index contributed by atoms with van der Waals surface area (Å²) >= 11 is -1.19. The van der Waals surface area contributed by atoms with Crippen LogP contribution >= 0.6 is 0 Å². The number of hydrogen-bond donors (Lipinski definition) is 1. The SMILES string of the molecule is CC(=O)O.CCCCCCC[CH2][Pb]([CH2]CCCCCCC)[CH2]CCCCCCC. The maximum atomic E-state index is 9.00. The van der Waals surface area contributed by atoms with Crippen molar-refractivity contribution in [1.29, 1.82) is 0 Å². The average molecular weight is 607 g/mol. The van der Waals surface area contributed by atoms with E-state index in [2.05, 4.69) is 20.8 Å². The number of aliphatic carboxylic acids is 1. The van der Waals surface area contributed by atoms with Gasteiger partial charge in [-0.3, -0.25) is 4.79 Å². The van der Waals surface area contributed by atoms with Crippen molar-refractivity contribution >= 4 is 28.7 Å². The Morgan fingerprint density at radius 3 is 0.966 bits per heavy atom. The van der Waals surface area contributed by atoms with Gasteiger partial charge in [0, 0.05) is 6.92 Å². The third-order valence-corrected chi connectivity index (χ3v) is 18.0. The number of carboxylic acid groups (broad SMARTS) is 1. The molecule has 0 bridgehead atoms. The monoisotopic (exact) mass is 607 g/mol. The number of hydrogen-bond acceptors (Lipinski definition) is 1. The van der Waals surface area contributed by atoms with Crippen molar-refractivity contribution < 1.29 is 9.90 Å². The molecule has 175 valence electrons. The fraction of sp³-hybridized carbons (Fsp3) is 0.962. The Labute approximate surface area is 193 Å². The Hall–Kier alpha value is 0.392. The van der Waals surface area contributed by atoms with Crippen molar-refractivity contribution in [3.05, 3.63) is 0 Å². The first-order chi connectivity index (χ1) is 14.1. The van der Waals surface area contributed by atoms with Crippen LogP contribution in [-0.4, -0.2) is 33.8 Å². The quantitative estimate of drug-likeness (QED) is 0.104. The van der Waals surface area contributed by atoms with Gasteiger partial charge >= 0.3 is 171 Å². The molecule has 0 unspecified atom stereocenters. The molecule has 0 aliphatic rings. The van der Waals surface area contributed by atoms with Crippen LogP contribution in [0.5, 0.6) is 0 Å². The average Bonchev–Trinajstić information content (AvgIpc) is 2.68. The Morgan fingerprint density at radius 1 is 0.517 bits per heavy atom. The van der Waals surface area contributed by atoms with Gasteiger partial charge in [0.05, 0.1) is 0 Å². The first-order valence-electron chi connectivity index (χ1n) is 13.1. The molecule has 0 aliphatic heterocycles. The molecule has 0 saturated heterocycles. The number of carboxylic acids is 1. The predicted molar refractivity (Wildman–Crippen MR) is 134 cm³/mol. The molecular weight excluding hydrogens is 551 g/mol. The van der Waals surface area contributed by atoms with Crippen LogP contribution < -0.4 is 0 Å². The third kappa shape index (κ3) is 33.2. The van der Waals surface area contributed by atoms with Gasteiger partial charge in [-0.25, -0.2) is 0 Å². The summed E-state index contributed by atoms with van der Waals surface area (Å²) in [4.78, 5) is 9.00. The van der Waals surface area contributed by atoms with E-state index in [1.54, 1.807) is 50.5 Å². The number of rotatable bonds is 21. The van der Waals surface area contributed by atoms with E-state index in [0.29, 0.717) is 0 Å². The summed E-state index contributed by atoms with van der Waals surface area (Å²) in [5.74, 6) is -0.833. The zero-order valence-electron chi connectivity index (χ0n) is 20.7. The zero-order valence-corrected chi connectivity index (χ0v) is 24.6. The van der Waals surface area contributed by atoms with Crippen LogP contribution in [0.1, 0.15) is 143 Å². The minimum absolute atomic E-state index is 0.833. The van der Waals surface area contributed by atoms with Crippen molar-refractivity contribution in [3.63, 3.8) is 0 Å². The summed E-state index contributed by atoms with van der Waals surface area (Å²) in [6.45, 7) is 8.06. The summed E-state index contributed by atoms with van der Waals surface area (Å²) in [5.41, 5.74) is 0. The molecule has 0 amide bonds. The molecule has 3 heteroatoms. The second-order valence-electron chi connectivity index (χ2n) is 8.82. The van der Waals surface area contributed by atoms with Gasteiger partial charge in [-0.1, -0.05) is 0 Å². The first kappa shape index (κ1) is 31.6. The standard InChI is InChI=1S/3C8H17.C2H4O2.Pb/c3*1-3-5-7-8-6-4-2;1-2(3)4;/h3*1,3-8H2,2H3;1H3,(H,3,4);. The second kappa shape index (κ2) is 28.4. The Morgan fingerprint density at radius 2 is 0.724 bits per heavy atom. The molecule has 0 fully saturated rings. The van der Waals surface area contributed by atoms with Crippen molar-refractivity contribution in [3.8, 4) is 0 Å². The van der Waals surface area contributed by atoms with E-state index in [9.17, 15) is 0 Å². The molecular formula is C26H55O2Pb. The molecule has 1 radical (unpaired) electrons. The molecule has 0 spiro atoms. The van der Waals surface area contributed by atoms with Gasteiger partial charge < -0.3 is 5.11 Å². The molecule has 1 N–H and O–H groups in total. The molecule has 2 nitrogen and oxygen atoms in total. The third-order valence-electron chi connectivity index (χ3n) is 5.65. The minimum atomic E-state index is -1.19. The van der Waals surface area contributed by atoms with E-state index in [0.717, 1.165) is 6.92 Å². The van der Waals surface area contributed by atoms with Crippen LogP contribution in [-0.2, 0) is 4.79 Å². The van der Waals surface area contributed by atoms with Gasteiger partial charge in [0.2, 0.25) is 0 Å². The van der Waals surface area contributed by atoms with E-state index in [-0.39, 0.29) is 0 Å². The van der Waals surface area contributed by atoms with E-state index in [4.69, 9.17) is 9.90 Å². The van der Waals surface area contributed by atoms with Crippen LogP contribution in [0, 0.1) is 0 Å². The predicted octanol–water partition coefficient (Wildman–Crippen LogP) is 9.65. The van der Waals surface area contributed by atoms with Crippen LogP contribution in [0.2, 0.25) is 11.9 Å². The summed E-state index contributed by atoms with van der Waals surface area (Å²) in [7, 11) is 0. The topological polar surface area (TPSA) is 37.3 Å². The van der Waals surface area contributed by atoms with Crippen LogP contribution in [0.25, 0.3) is 0 Å². The molecule has 0 rings (SSSR count). The van der Waals surface area contributed by atoms with Crippen molar-refractivity contribution in [2.75, 3.05) is 0 Å². The van der Waals surface area contributed by atoms with E-state index >= 15 is 0 Å². The molecule has 0 aromatic carbocycles. The molecule has 0 aromatic rings. The van der Waals surface area contributed by atoms with Gasteiger partial charge in [0.25, 0.3) is 5.97 Å². The summed E-state index contributed by atoms with van der Waals surface area (Å²) < 4.78 is 5.21. The van der Waals surface area contributed by atoms with Crippen LogP contribution in [0.4, 0.5) is 0 Å². The Kier molecular flexibility index (Phi) is 30.9. The fourth-order valence-corrected chi connectivity index (χ4v) is 15.5.